The number of nitrogens with one attached hydrogen (secondary N) is 1. The summed E-state index contributed by atoms with van der Waals surface area (Å²) < 4.78 is 33.2. The Kier molecular flexibility index (Phi) is 7.05. The molecule has 4 rings (SSSR count). The molecule has 1 amide bonds. The van der Waals surface area contributed by atoms with Gasteiger partial charge in [0.05, 0.1) is 16.1 Å². The summed E-state index contributed by atoms with van der Waals surface area (Å²) in [6, 6.07) is 23.7. The zero-order valence-corrected chi connectivity index (χ0v) is 20.3. The SMILES string of the molecule is Cc1ccc(S(=O)(=O)N(C)c2ccccc2C(=O)NCC2(c3ccccc3)CCOCC2)cc1. The molecule has 34 heavy (non-hydrogen) atoms. The Labute approximate surface area is 201 Å². The van der Waals surface area contributed by atoms with E-state index in [0.717, 1.165) is 18.4 Å². The molecule has 1 aliphatic rings. The van der Waals surface area contributed by atoms with Crippen molar-refractivity contribution in [2.45, 2.75) is 30.1 Å². The summed E-state index contributed by atoms with van der Waals surface area (Å²) in [6.07, 6.45) is 1.61. The third-order valence-corrected chi connectivity index (χ3v) is 8.38. The van der Waals surface area contributed by atoms with Crippen molar-refractivity contribution in [3.05, 3.63) is 95.6 Å². The molecule has 1 saturated heterocycles. The minimum Gasteiger partial charge on any atom is -0.381 e. The van der Waals surface area contributed by atoms with E-state index in [1.807, 2.05) is 25.1 Å². The smallest absolute Gasteiger partial charge is 0.264 e. The second kappa shape index (κ2) is 9.99. The lowest BCUT2D eigenvalue weighted by molar-refractivity contribution is 0.0487. The summed E-state index contributed by atoms with van der Waals surface area (Å²) >= 11 is 0. The van der Waals surface area contributed by atoms with Gasteiger partial charge in [-0.3, -0.25) is 9.10 Å². The monoisotopic (exact) mass is 478 g/mol. The van der Waals surface area contributed by atoms with Crippen LogP contribution < -0.4 is 9.62 Å². The fraction of sp³-hybridized carbons (Fsp3) is 0.296. The lowest BCUT2D eigenvalue weighted by Gasteiger charge is -2.38. The molecule has 3 aromatic carbocycles. The first-order chi connectivity index (χ1) is 16.3. The molecule has 0 radical (unpaired) electrons. The lowest BCUT2D eigenvalue weighted by Crippen LogP contribution is -2.44. The van der Waals surface area contributed by atoms with Crippen molar-refractivity contribution in [3.63, 3.8) is 0 Å². The van der Waals surface area contributed by atoms with E-state index in [4.69, 9.17) is 4.74 Å². The van der Waals surface area contributed by atoms with Gasteiger partial charge in [0.2, 0.25) is 0 Å². The topological polar surface area (TPSA) is 75.7 Å². The van der Waals surface area contributed by atoms with Gasteiger partial charge in [-0.2, -0.15) is 0 Å². The van der Waals surface area contributed by atoms with E-state index in [9.17, 15) is 13.2 Å². The predicted molar refractivity (Wildman–Crippen MR) is 134 cm³/mol. The number of para-hydroxylation sites is 1. The van der Waals surface area contributed by atoms with Crippen LogP contribution in [0.15, 0.2) is 83.8 Å². The van der Waals surface area contributed by atoms with Crippen molar-refractivity contribution in [2.24, 2.45) is 0 Å². The van der Waals surface area contributed by atoms with Crippen molar-refractivity contribution >= 4 is 21.6 Å². The summed E-state index contributed by atoms with van der Waals surface area (Å²) in [6.45, 7) is 3.63. The van der Waals surface area contributed by atoms with Crippen LogP contribution in [0.5, 0.6) is 0 Å². The zero-order chi connectivity index (χ0) is 24.2. The number of carbonyl (C=O) groups is 1. The first kappa shape index (κ1) is 24.0. The van der Waals surface area contributed by atoms with Gasteiger partial charge in [0.25, 0.3) is 15.9 Å². The molecule has 0 atom stereocenters. The molecule has 1 fully saturated rings. The summed E-state index contributed by atoms with van der Waals surface area (Å²) in [4.78, 5) is 13.5. The fourth-order valence-corrected chi connectivity index (χ4v) is 5.62. The summed E-state index contributed by atoms with van der Waals surface area (Å²) in [7, 11) is -2.34. The number of hydrogen-bond acceptors (Lipinski definition) is 4. The Hall–Kier alpha value is -3.16. The van der Waals surface area contributed by atoms with Crippen LogP contribution in [0.25, 0.3) is 0 Å². The number of ether oxygens (including phenoxy) is 1. The Morgan fingerprint density at radius 1 is 0.941 bits per heavy atom. The van der Waals surface area contributed by atoms with Gasteiger partial charge in [-0.15, -0.1) is 0 Å². The van der Waals surface area contributed by atoms with Crippen LogP contribution in [-0.2, 0) is 20.2 Å². The molecule has 1 heterocycles. The number of anilines is 1. The van der Waals surface area contributed by atoms with Gasteiger partial charge in [0.15, 0.2) is 0 Å². The van der Waals surface area contributed by atoms with E-state index < -0.39 is 10.0 Å². The largest absolute Gasteiger partial charge is 0.381 e. The molecular formula is C27H30N2O4S. The molecule has 0 bridgehead atoms. The van der Waals surface area contributed by atoms with Crippen molar-refractivity contribution in [3.8, 4) is 0 Å². The van der Waals surface area contributed by atoms with Crippen LogP contribution in [0.3, 0.4) is 0 Å². The summed E-state index contributed by atoms with van der Waals surface area (Å²) in [5, 5.41) is 3.09. The highest BCUT2D eigenvalue weighted by Gasteiger charge is 2.35. The third-order valence-electron chi connectivity index (χ3n) is 6.59. The number of aryl methyl sites for hydroxylation is 1. The van der Waals surface area contributed by atoms with Crippen molar-refractivity contribution in [1.82, 2.24) is 5.32 Å². The maximum Gasteiger partial charge on any atom is 0.264 e. The fourth-order valence-electron chi connectivity index (χ4n) is 4.40. The van der Waals surface area contributed by atoms with Gasteiger partial charge in [-0.1, -0.05) is 60.2 Å². The molecule has 3 aromatic rings. The number of rotatable bonds is 7. The Morgan fingerprint density at radius 3 is 2.24 bits per heavy atom. The predicted octanol–water partition coefficient (Wildman–Crippen LogP) is 4.30. The van der Waals surface area contributed by atoms with Gasteiger partial charge in [0.1, 0.15) is 0 Å². The van der Waals surface area contributed by atoms with Crippen molar-refractivity contribution < 1.29 is 17.9 Å². The highest BCUT2D eigenvalue weighted by Crippen LogP contribution is 2.34. The first-order valence-electron chi connectivity index (χ1n) is 11.4. The van der Waals surface area contributed by atoms with Crippen LogP contribution in [0, 0.1) is 6.92 Å². The van der Waals surface area contributed by atoms with Gasteiger partial charge in [0, 0.05) is 32.2 Å². The van der Waals surface area contributed by atoms with Crippen LogP contribution in [-0.4, -0.2) is 41.1 Å². The van der Waals surface area contributed by atoms with Gasteiger partial charge >= 0.3 is 0 Å². The Morgan fingerprint density at radius 2 is 1.56 bits per heavy atom. The van der Waals surface area contributed by atoms with E-state index in [-0.39, 0.29) is 16.2 Å². The minimum atomic E-state index is -3.82. The first-order valence-corrected chi connectivity index (χ1v) is 12.8. The molecular weight excluding hydrogens is 448 g/mol. The van der Waals surface area contributed by atoms with E-state index in [1.165, 1.54) is 16.9 Å². The molecule has 0 unspecified atom stereocenters. The average Bonchev–Trinajstić information content (AvgIpc) is 2.88. The van der Waals surface area contributed by atoms with Crippen LogP contribution in [0.2, 0.25) is 0 Å². The van der Waals surface area contributed by atoms with Gasteiger partial charge in [-0.05, 0) is 49.6 Å². The number of amides is 1. The highest BCUT2D eigenvalue weighted by molar-refractivity contribution is 7.92. The molecule has 7 heteroatoms. The molecule has 1 N–H and O–H groups in total. The number of benzene rings is 3. The summed E-state index contributed by atoms with van der Waals surface area (Å²) in [5.74, 6) is -0.302. The number of carbonyl (C=O) groups excluding carboxylic acids is 1. The molecule has 0 aliphatic carbocycles. The second-order valence-electron chi connectivity index (χ2n) is 8.74. The van der Waals surface area contributed by atoms with E-state index >= 15 is 0 Å². The molecule has 0 spiro atoms. The third kappa shape index (κ3) is 4.86. The number of nitrogens with zero attached hydrogens (tertiary/aromatic N) is 1. The Balaban J connectivity index is 1.58. The van der Waals surface area contributed by atoms with Gasteiger partial charge < -0.3 is 10.1 Å². The van der Waals surface area contributed by atoms with E-state index in [1.54, 1.807) is 48.5 Å². The second-order valence-corrected chi connectivity index (χ2v) is 10.7. The number of sulfonamides is 1. The van der Waals surface area contributed by atoms with E-state index in [2.05, 4.69) is 17.4 Å². The summed E-state index contributed by atoms with van der Waals surface area (Å²) in [5.41, 5.74) is 2.58. The maximum atomic E-state index is 13.3. The minimum absolute atomic E-state index is 0.182. The average molecular weight is 479 g/mol. The van der Waals surface area contributed by atoms with Crippen LogP contribution in [0.1, 0.15) is 34.3 Å². The molecule has 0 saturated carbocycles. The van der Waals surface area contributed by atoms with Crippen molar-refractivity contribution in [2.75, 3.05) is 31.1 Å². The van der Waals surface area contributed by atoms with Crippen molar-refractivity contribution in [1.29, 1.82) is 0 Å². The number of hydrogen-bond donors (Lipinski definition) is 1. The normalized spacial score (nSPS) is 15.5. The van der Waals surface area contributed by atoms with Gasteiger partial charge in [-0.25, -0.2) is 8.42 Å². The molecule has 178 valence electrons. The highest BCUT2D eigenvalue weighted by atomic mass is 32.2. The quantitative estimate of drug-likeness (QED) is 0.549. The van der Waals surface area contributed by atoms with Crippen LogP contribution in [0.4, 0.5) is 5.69 Å². The Bertz CT molecular complexity index is 1240. The molecule has 0 aromatic heterocycles. The van der Waals surface area contributed by atoms with E-state index in [0.29, 0.717) is 31.0 Å². The maximum absolute atomic E-state index is 13.3. The standard InChI is InChI=1S/C27H30N2O4S/c1-21-12-14-23(15-13-21)34(31,32)29(2)25-11-7-6-10-24(25)26(30)28-20-27(16-18-33-19-17-27)22-8-4-3-5-9-22/h3-15H,16-20H2,1-2H3,(H,28,30). The lowest BCUT2D eigenvalue weighted by atomic mass is 9.74. The zero-order valence-electron chi connectivity index (χ0n) is 19.5. The molecule has 6 nitrogen and oxygen atoms in total. The van der Waals surface area contributed by atoms with Crippen LogP contribution >= 0.6 is 0 Å². The molecule has 1 aliphatic heterocycles.